The zero-order valence-electron chi connectivity index (χ0n) is 17.1. The lowest BCUT2D eigenvalue weighted by Crippen LogP contribution is -2.41. The molecule has 0 aliphatic rings. The summed E-state index contributed by atoms with van der Waals surface area (Å²) in [4.78, 5) is 26.0. The van der Waals surface area contributed by atoms with Crippen molar-refractivity contribution < 1.29 is 22.7 Å². The quantitative estimate of drug-likeness (QED) is 0.490. The zero-order valence-corrected chi connectivity index (χ0v) is 18.7. The number of hydrogen-bond donors (Lipinski definition) is 3. The molecule has 31 heavy (non-hydrogen) atoms. The molecule has 0 unspecified atom stereocenters. The molecule has 0 radical (unpaired) electrons. The summed E-state index contributed by atoms with van der Waals surface area (Å²) < 4.78 is 32.8. The number of rotatable bonds is 6. The van der Waals surface area contributed by atoms with Crippen molar-refractivity contribution in [3.05, 3.63) is 75.5 Å². The van der Waals surface area contributed by atoms with Crippen LogP contribution in [0.15, 0.2) is 59.5 Å². The number of ether oxygens (including phenoxy) is 1. The fraction of sp³-hybridized carbons (Fsp3) is 0.143. The van der Waals surface area contributed by atoms with Crippen molar-refractivity contribution in [2.75, 3.05) is 11.8 Å². The van der Waals surface area contributed by atoms with Gasteiger partial charge in [0.2, 0.25) is 0 Å². The molecule has 0 aliphatic heterocycles. The second-order valence-electron chi connectivity index (χ2n) is 6.62. The van der Waals surface area contributed by atoms with Crippen molar-refractivity contribution in [1.29, 1.82) is 0 Å². The Bertz CT molecular complexity index is 1200. The molecule has 3 N–H and O–H groups in total. The number of methoxy groups -OCH3 is 1. The highest BCUT2D eigenvalue weighted by atomic mass is 32.2. The summed E-state index contributed by atoms with van der Waals surface area (Å²) >= 11 is 1.32. The van der Waals surface area contributed by atoms with Gasteiger partial charge in [0.05, 0.1) is 16.9 Å². The number of hydrogen-bond acceptors (Lipinski definition) is 6. The van der Waals surface area contributed by atoms with E-state index in [9.17, 15) is 18.0 Å². The van der Waals surface area contributed by atoms with Gasteiger partial charge in [-0.1, -0.05) is 6.07 Å². The van der Waals surface area contributed by atoms with Gasteiger partial charge in [0.25, 0.3) is 21.8 Å². The molecule has 3 rings (SSSR count). The Morgan fingerprint density at radius 2 is 1.61 bits per heavy atom. The first-order valence-electron chi connectivity index (χ1n) is 9.14. The number of thiophene rings is 1. The molecular formula is C21H21N3O5S2. The first-order valence-corrected chi connectivity index (χ1v) is 11.4. The van der Waals surface area contributed by atoms with E-state index in [0.29, 0.717) is 16.3 Å². The topological polar surface area (TPSA) is 114 Å². The predicted molar refractivity (Wildman–Crippen MR) is 119 cm³/mol. The van der Waals surface area contributed by atoms with Gasteiger partial charge in [-0.25, -0.2) is 8.42 Å². The Morgan fingerprint density at radius 3 is 2.23 bits per heavy atom. The van der Waals surface area contributed by atoms with Crippen molar-refractivity contribution >= 4 is 38.9 Å². The standard InChI is InChI=1S/C21H21N3O5S2/c1-13-11-19(30-14(13)2)21(26)23-22-20(25)15-5-4-6-18(12-15)31(27,28)24-16-7-9-17(29-3)10-8-16/h4-12,24H,1-3H3,(H,22,25)(H,23,26). The maximum absolute atomic E-state index is 12.7. The largest absolute Gasteiger partial charge is 0.497 e. The molecule has 0 spiro atoms. The van der Waals surface area contributed by atoms with E-state index in [1.807, 2.05) is 13.8 Å². The number of aryl methyl sites for hydroxylation is 2. The van der Waals surface area contributed by atoms with Crippen LogP contribution in [0.1, 0.15) is 30.5 Å². The SMILES string of the molecule is COc1ccc(NS(=O)(=O)c2cccc(C(=O)NNC(=O)c3cc(C)c(C)s3)c2)cc1. The summed E-state index contributed by atoms with van der Waals surface area (Å²) in [6, 6.07) is 13.6. The summed E-state index contributed by atoms with van der Waals surface area (Å²) in [7, 11) is -2.41. The molecule has 1 aromatic heterocycles. The van der Waals surface area contributed by atoms with Crippen LogP contribution in [0.25, 0.3) is 0 Å². The first-order chi connectivity index (χ1) is 14.7. The van der Waals surface area contributed by atoms with Crippen LogP contribution in [0.3, 0.4) is 0 Å². The van der Waals surface area contributed by atoms with E-state index in [-0.39, 0.29) is 10.5 Å². The zero-order chi connectivity index (χ0) is 22.6. The molecule has 10 heteroatoms. The number of carbonyl (C=O) groups is 2. The van der Waals surface area contributed by atoms with Gasteiger partial charge in [0.15, 0.2) is 0 Å². The van der Waals surface area contributed by atoms with E-state index >= 15 is 0 Å². The van der Waals surface area contributed by atoms with Crippen LogP contribution in [0.4, 0.5) is 5.69 Å². The van der Waals surface area contributed by atoms with E-state index < -0.39 is 21.8 Å². The third kappa shape index (κ3) is 5.41. The van der Waals surface area contributed by atoms with Gasteiger partial charge < -0.3 is 4.74 Å². The first kappa shape index (κ1) is 22.3. The number of hydrazine groups is 1. The van der Waals surface area contributed by atoms with Crippen LogP contribution in [0.5, 0.6) is 5.75 Å². The lowest BCUT2D eigenvalue weighted by molar-refractivity contribution is 0.0848. The van der Waals surface area contributed by atoms with Crippen molar-refractivity contribution in [3.8, 4) is 5.75 Å². The molecule has 3 aromatic rings. The molecule has 2 aromatic carbocycles. The molecule has 0 bridgehead atoms. The molecule has 162 valence electrons. The van der Waals surface area contributed by atoms with E-state index in [0.717, 1.165) is 10.4 Å². The number of amides is 2. The van der Waals surface area contributed by atoms with Gasteiger partial charge in [-0.3, -0.25) is 25.2 Å². The van der Waals surface area contributed by atoms with Gasteiger partial charge in [-0.05, 0) is 67.9 Å². The second-order valence-corrected chi connectivity index (χ2v) is 9.56. The molecule has 0 aliphatic carbocycles. The molecule has 0 saturated carbocycles. The summed E-state index contributed by atoms with van der Waals surface area (Å²) in [5.74, 6) is -0.490. The van der Waals surface area contributed by atoms with Crippen LogP contribution in [0, 0.1) is 13.8 Å². The highest BCUT2D eigenvalue weighted by molar-refractivity contribution is 7.92. The van der Waals surface area contributed by atoms with E-state index in [1.165, 1.54) is 42.7 Å². The normalized spacial score (nSPS) is 10.9. The monoisotopic (exact) mass is 459 g/mol. The fourth-order valence-corrected chi connectivity index (χ4v) is 4.64. The second kappa shape index (κ2) is 9.19. The molecule has 2 amide bonds. The van der Waals surface area contributed by atoms with Crippen LogP contribution < -0.4 is 20.3 Å². The maximum atomic E-state index is 12.7. The van der Waals surface area contributed by atoms with Gasteiger partial charge >= 0.3 is 0 Å². The summed E-state index contributed by atoms with van der Waals surface area (Å²) in [5, 5.41) is 0. The van der Waals surface area contributed by atoms with Gasteiger partial charge in [-0.15, -0.1) is 11.3 Å². The Morgan fingerprint density at radius 1 is 0.935 bits per heavy atom. The van der Waals surface area contributed by atoms with E-state index in [2.05, 4.69) is 15.6 Å². The number of nitrogens with one attached hydrogen (secondary N) is 3. The van der Waals surface area contributed by atoms with Crippen molar-refractivity contribution in [2.24, 2.45) is 0 Å². The van der Waals surface area contributed by atoms with E-state index in [4.69, 9.17) is 4.74 Å². The minimum Gasteiger partial charge on any atom is -0.497 e. The fourth-order valence-electron chi connectivity index (χ4n) is 2.61. The summed E-state index contributed by atoms with van der Waals surface area (Å²) in [5.41, 5.74) is 6.07. The van der Waals surface area contributed by atoms with Crippen LogP contribution in [-0.2, 0) is 10.0 Å². The smallest absolute Gasteiger partial charge is 0.279 e. The predicted octanol–water partition coefficient (Wildman–Crippen LogP) is 3.25. The van der Waals surface area contributed by atoms with Crippen molar-refractivity contribution in [3.63, 3.8) is 0 Å². The van der Waals surface area contributed by atoms with Gasteiger partial charge in [0.1, 0.15) is 5.75 Å². The number of benzene rings is 2. The molecular weight excluding hydrogens is 438 g/mol. The minimum absolute atomic E-state index is 0.0800. The van der Waals surface area contributed by atoms with Crippen LogP contribution in [-0.4, -0.2) is 27.3 Å². The molecule has 0 atom stereocenters. The number of carbonyl (C=O) groups excluding carboxylic acids is 2. The van der Waals surface area contributed by atoms with E-state index in [1.54, 1.807) is 30.3 Å². The van der Waals surface area contributed by atoms with Crippen LogP contribution in [0.2, 0.25) is 0 Å². The van der Waals surface area contributed by atoms with Crippen molar-refractivity contribution in [2.45, 2.75) is 18.7 Å². The lowest BCUT2D eigenvalue weighted by Gasteiger charge is -2.10. The van der Waals surface area contributed by atoms with Crippen LogP contribution >= 0.6 is 11.3 Å². The molecule has 1 heterocycles. The average Bonchev–Trinajstić information content (AvgIpc) is 3.10. The van der Waals surface area contributed by atoms with Gasteiger partial charge in [-0.2, -0.15) is 0 Å². The highest BCUT2D eigenvalue weighted by Crippen LogP contribution is 2.21. The highest BCUT2D eigenvalue weighted by Gasteiger charge is 2.17. The molecule has 0 saturated heterocycles. The Kier molecular flexibility index (Phi) is 6.62. The maximum Gasteiger partial charge on any atom is 0.279 e. The Labute approximate surface area is 184 Å². The third-order valence-electron chi connectivity index (χ3n) is 4.43. The van der Waals surface area contributed by atoms with Crippen molar-refractivity contribution in [1.82, 2.24) is 10.9 Å². The summed E-state index contributed by atoms with van der Waals surface area (Å²) in [6.07, 6.45) is 0. The molecule has 8 nitrogen and oxygen atoms in total. The number of sulfonamides is 1. The third-order valence-corrected chi connectivity index (χ3v) is 6.96. The summed E-state index contributed by atoms with van der Waals surface area (Å²) in [6.45, 7) is 3.80. The Hall–Kier alpha value is -3.37. The average molecular weight is 460 g/mol. The lowest BCUT2D eigenvalue weighted by atomic mass is 10.2. The minimum atomic E-state index is -3.92. The van der Waals surface area contributed by atoms with Gasteiger partial charge in [0, 0.05) is 16.1 Å². The Balaban J connectivity index is 1.69. The molecule has 0 fully saturated rings. The number of anilines is 1.